The topological polar surface area (TPSA) is 88.2 Å². The Bertz CT molecular complexity index is 556. The molecule has 2 N–H and O–H groups in total. The second-order valence-corrected chi connectivity index (χ2v) is 6.62. The molecular formula is C11H15N3O3S. The van der Waals surface area contributed by atoms with E-state index in [4.69, 9.17) is 0 Å². The highest BCUT2D eigenvalue weighted by Gasteiger charge is 2.28. The van der Waals surface area contributed by atoms with Crippen molar-refractivity contribution in [2.45, 2.75) is 19.4 Å². The van der Waals surface area contributed by atoms with Gasteiger partial charge >= 0.3 is 6.03 Å². The molecule has 1 fully saturated rings. The lowest BCUT2D eigenvalue weighted by Gasteiger charge is -2.13. The highest BCUT2D eigenvalue weighted by molar-refractivity contribution is 7.91. The van der Waals surface area contributed by atoms with Gasteiger partial charge in [0.05, 0.1) is 11.5 Å². The smallest absolute Gasteiger partial charge is 0.319 e. The molecule has 2 amide bonds. The molecule has 1 aliphatic heterocycles. The number of hydrogen-bond acceptors (Lipinski definition) is 4. The van der Waals surface area contributed by atoms with Crippen LogP contribution in [0.5, 0.6) is 0 Å². The fourth-order valence-corrected chi connectivity index (χ4v) is 3.54. The summed E-state index contributed by atoms with van der Waals surface area (Å²) >= 11 is 0. The molecule has 1 aromatic heterocycles. The van der Waals surface area contributed by atoms with Gasteiger partial charge in [-0.05, 0) is 25.0 Å². The Morgan fingerprint density at radius 1 is 1.50 bits per heavy atom. The lowest BCUT2D eigenvalue weighted by molar-refractivity contribution is 0.249. The highest BCUT2D eigenvalue weighted by atomic mass is 32.2. The van der Waals surface area contributed by atoms with Crippen molar-refractivity contribution in [3.63, 3.8) is 0 Å². The number of aromatic nitrogens is 1. The summed E-state index contributed by atoms with van der Waals surface area (Å²) in [5.74, 6) is 0.169. The predicted octanol–water partition coefficient (Wildman–Crippen LogP) is 0.699. The number of carbonyl (C=O) groups excluding carboxylic acids is 1. The van der Waals surface area contributed by atoms with E-state index < -0.39 is 9.84 Å². The number of hydrogen-bond donors (Lipinski definition) is 2. The maximum Gasteiger partial charge on any atom is 0.319 e. The number of aryl methyl sites for hydroxylation is 1. The summed E-state index contributed by atoms with van der Waals surface area (Å²) in [7, 11) is -2.97. The molecule has 0 saturated carbocycles. The molecule has 2 rings (SSSR count). The molecule has 0 bridgehead atoms. The first-order chi connectivity index (χ1) is 8.46. The molecule has 18 heavy (non-hydrogen) atoms. The maximum absolute atomic E-state index is 11.7. The van der Waals surface area contributed by atoms with Crippen molar-refractivity contribution >= 4 is 21.6 Å². The van der Waals surface area contributed by atoms with Crippen LogP contribution in [0.25, 0.3) is 0 Å². The van der Waals surface area contributed by atoms with Crippen molar-refractivity contribution < 1.29 is 13.2 Å². The molecule has 0 aliphatic carbocycles. The third-order valence-electron chi connectivity index (χ3n) is 2.84. The summed E-state index contributed by atoms with van der Waals surface area (Å²) in [4.78, 5) is 15.6. The number of anilines is 1. The minimum absolute atomic E-state index is 0.0236. The van der Waals surface area contributed by atoms with Crippen molar-refractivity contribution in [3.8, 4) is 0 Å². The van der Waals surface area contributed by atoms with Crippen LogP contribution in [-0.2, 0) is 9.84 Å². The molecule has 6 nitrogen and oxygen atoms in total. The van der Waals surface area contributed by atoms with Crippen LogP contribution < -0.4 is 10.6 Å². The fraction of sp³-hybridized carbons (Fsp3) is 0.455. The number of pyridine rings is 1. The first kappa shape index (κ1) is 12.8. The van der Waals surface area contributed by atoms with Gasteiger partial charge in [0, 0.05) is 24.1 Å². The Morgan fingerprint density at radius 2 is 2.28 bits per heavy atom. The number of rotatable bonds is 2. The van der Waals surface area contributed by atoms with Crippen molar-refractivity contribution in [2.24, 2.45) is 0 Å². The second kappa shape index (κ2) is 4.93. The fourth-order valence-electron chi connectivity index (χ4n) is 1.87. The summed E-state index contributed by atoms with van der Waals surface area (Å²) in [5.41, 5.74) is 1.52. The zero-order valence-corrected chi connectivity index (χ0v) is 10.8. The van der Waals surface area contributed by atoms with E-state index in [1.165, 1.54) is 0 Å². The van der Waals surface area contributed by atoms with Gasteiger partial charge in [0.25, 0.3) is 0 Å². The monoisotopic (exact) mass is 269 g/mol. The van der Waals surface area contributed by atoms with Gasteiger partial charge in [0.2, 0.25) is 0 Å². The van der Waals surface area contributed by atoms with Crippen LogP contribution in [0.2, 0.25) is 0 Å². The van der Waals surface area contributed by atoms with E-state index in [0.29, 0.717) is 12.1 Å². The number of sulfone groups is 1. The molecule has 0 spiro atoms. The molecule has 2 heterocycles. The standard InChI is InChI=1S/C11H15N3O3S/c1-8-6-12-4-2-10(8)14-11(15)13-9-3-5-18(16,17)7-9/h2,4,6,9H,3,5,7H2,1H3,(H2,12,13,14,15). The predicted molar refractivity (Wildman–Crippen MR) is 68.2 cm³/mol. The van der Waals surface area contributed by atoms with Gasteiger partial charge < -0.3 is 10.6 Å². The molecule has 1 saturated heterocycles. The summed E-state index contributed by atoms with van der Waals surface area (Å²) < 4.78 is 22.5. The van der Waals surface area contributed by atoms with Gasteiger partial charge in [-0.2, -0.15) is 0 Å². The summed E-state index contributed by atoms with van der Waals surface area (Å²) in [6.45, 7) is 1.84. The number of carbonyl (C=O) groups is 1. The Morgan fingerprint density at radius 3 is 2.89 bits per heavy atom. The third-order valence-corrected chi connectivity index (χ3v) is 4.60. The average molecular weight is 269 g/mol. The Balaban J connectivity index is 1.92. The van der Waals surface area contributed by atoms with Crippen molar-refractivity contribution in [1.82, 2.24) is 10.3 Å². The van der Waals surface area contributed by atoms with Crippen molar-refractivity contribution in [3.05, 3.63) is 24.0 Å². The number of nitrogens with one attached hydrogen (secondary N) is 2. The van der Waals surface area contributed by atoms with Gasteiger partial charge in [-0.3, -0.25) is 4.98 Å². The molecule has 98 valence electrons. The zero-order chi connectivity index (χ0) is 13.2. The van der Waals surface area contributed by atoms with E-state index >= 15 is 0 Å². The van der Waals surface area contributed by atoms with E-state index in [9.17, 15) is 13.2 Å². The van der Waals surface area contributed by atoms with Crippen molar-refractivity contribution in [2.75, 3.05) is 16.8 Å². The first-order valence-electron chi connectivity index (χ1n) is 5.65. The largest absolute Gasteiger partial charge is 0.334 e. The number of nitrogens with zero attached hydrogens (tertiary/aromatic N) is 1. The number of urea groups is 1. The summed E-state index contributed by atoms with van der Waals surface area (Å²) in [6.07, 6.45) is 3.71. The van der Waals surface area contributed by atoms with Crippen LogP contribution in [0.15, 0.2) is 18.5 Å². The van der Waals surface area contributed by atoms with Crippen LogP contribution in [0.1, 0.15) is 12.0 Å². The normalized spacial score (nSPS) is 21.5. The second-order valence-electron chi connectivity index (χ2n) is 4.39. The van der Waals surface area contributed by atoms with Crippen LogP contribution in [0.3, 0.4) is 0 Å². The highest BCUT2D eigenvalue weighted by Crippen LogP contribution is 2.13. The van der Waals surface area contributed by atoms with Gasteiger partial charge in [-0.25, -0.2) is 13.2 Å². The third kappa shape index (κ3) is 3.19. The minimum Gasteiger partial charge on any atom is -0.334 e. The van der Waals surface area contributed by atoms with Gasteiger partial charge in [-0.15, -0.1) is 0 Å². The van der Waals surface area contributed by atoms with E-state index in [1.807, 2.05) is 6.92 Å². The van der Waals surface area contributed by atoms with Gasteiger partial charge in [-0.1, -0.05) is 0 Å². The molecule has 1 aromatic rings. The average Bonchev–Trinajstić information content (AvgIpc) is 2.61. The molecule has 0 radical (unpaired) electrons. The Hall–Kier alpha value is -1.63. The molecule has 1 atom stereocenters. The van der Waals surface area contributed by atoms with E-state index in [2.05, 4.69) is 15.6 Å². The SMILES string of the molecule is Cc1cnccc1NC(=O)NC1CCS(=O)(=O)C1. The van der Waals surface area contributed by atoms with Crippen molar-refractivity contribution in [1.29, 1.82) is 0 Å². The van der Waals surface area contributed by atoms with E-state index in [1.54, 1.807) is 18.5 Å². The van der Waals surface area contributed by atoms with Crippen LogP contribution in [0.4, 0.5) is 10.5 Å². The molecular weight excluding hydrogens is 254 g/mol. The van der Waals surface area contributed by atoms with Gasteiger partial charge in [0.1, 0.15) is 0 Å². The van der Waals surface area contributed by atoms with Crippen LogP contribution in [0, 0.1) is 6.92 Å². The maximum atomic E-state index is 11.7. The van der Waals surface area contributed by atoms with E-state index in [0.717, 1.165) is 5.56 Å². The molecule has 7 heteroatoms. The molecule has 1 unspecified atom stereocenters. The first-order valence-corrected chi connectivity index (χ1v) is 7.47. The summed E-state index contributed by atoms with van der Waals surface area (Å²) in [5, 5.41) is 5.34. The Kier molecular flexibility index (Phi) is 3.51. The van der Waals surface area contributed by atoms with Gasteiger partial charge in [0.15, 0.2) is 9.84 Å². The number of amides is 2. The lowest BCUT2D eigenvalue weighted by atomic mass is 10.2. The van der Waals surface area contributed by atoms with E-state index in [-0.39, 0.29) is 23.6 Å². The van der Waals surface area contributed by atoms with Crippen LogP contribution >= 0.6 is 0 Å². The minimum atomic E-state index is -2.97. The molecule has 0 aromatic carbocycles. The lowest BCUT2D eigenvalue weighted by Crippen LogP contribution is -2.38. The van der Waals surface area contributed by atoms with Crippen LogP contribution in [-0.4, -0.2) is 37.0 Å². The quantitative estimate of drug-likeness (QED) is 0.827. The Labute approximate surface area is 106 Å². The zero-order valence-electron chi connectivity index (χ0n) is 10.0. The summed E-state index contributed by atoms with van der Waals surface area (Å²) in [6, 6.07) is 1.02. The molecule has 1 aliphatic rings.